The molecule has 0 amide bonds. The zero-order chi connectivity index (χ0) is 11.4. The summed E-state index contributed by atoms with van der Waals surface area (Å²) in [6.07, 6.45) is 4.99. The standard InChI is InChI=1S/C13H9ClFN.H2O/c14-11-6-8-12(16-9-11)7-5-10-3-1-2-4-13(10)15;/h1-9H;1H2/b7-5+;. The van der Waals surface area contributed by atoms with Gasteiger partial charge in [0.1, 0.15) is 5.82 Å². The third-order valence-corrected chi connectivity index (χ3v) is 2.31. The summed E-state index contributed by atoms with van der Waals surface area (Å²) in [4.78, 5) is 4.08. The monoisotopic (exact) mass is 251 g/mol. The van der Waals surface area contributed by atoms with Crippen LogP contribution in [-0.4, -0.2) is 10.5 Å². The van der Waals surface area contributed by atoms with Gasteiger partial charge < -0.3 is 5.48 Å². The van der Waals surface area contributed by atoms with Crippen LogP contribution in [0.2, 0.25) is 5.02 Å². The lowest BCUT2D eigenvalue weighted by Crippen LogP contribution is -1.81. The largest absolute Gasteiger partial charge is 0.412 e. The second kappa shape index (κ2) is 6.13. The topological polar surface area (TPSA) is 44.4 Å². The number of hydrogen-bond donors (Lipinski definition) is 0. The molecule has 0 aliphatic carbocycles. The number of benzene rings is 1. The maximum Gasteiger partial charge on any atom is 0.130 e. The van der Waals surface area contributed by atoms with Crippen LogP contribution in [0.4, 0.5) is 4.39 Å². The predicted molar refractivity (Wildman–Crippen MR) is 68.2 cm³/mol. The molecule has 2 aromatic rings. The maximum atomic E-state index is 13.3. The molecular weight excluding hydrogens is 241 g/mol. The molecule has 0 saturated carbocycles. The molecule has 0 unspecified atom stereocenters. The Kier molecular flexibility index (Phi) is 4.82. The van der Waals surface area contributed by atoms with E-state index in [1.54, 1.807) is 48.7 Å². The van der Waals surface area contributed by atoms with E-state index in [0.717, 1.165) is 5.69 Å². The molecule has 2 nitrogen and oxygen atoms in total. The van der Waals surface area contributed by atoms with Gasteiger partial charge in [0.25, 0.3) is 0 Å². The fourth-order valence-corrected chi connectivity index (χ4v) is 1.38. The van der Waals surface area contributed by atoms with Gasteiger partial charge >= 0.3 is 0 Å². The Morgan fingerprint density at radius 2 is 1.82 bits per heavy atom. The fraction of sp³-hybridized carbons (Fsp3) is 0. The van der Waals surface area contributed by atoms with Crippen LogP contribution in [0.25, 0.3) is 12.2 Å². The van der Waals surface area contributed by atoms with Crippen molar-refractivity contribution in [3.05, 3.63) is 64.7 Å². The number of rotatable bonds is 2. The Hall–Kier alpha value is -1.71. The molecule has 0 aliphatic heterocycles. The minimum atomic E-state index is -0.243. The number of halogens is 2. The van der Waals surface area contributed by atoms with Gasteiger partial charge in [0.15, 0.2) is 0 Å². The van der Waals surface area contributed by atoms with Gasteiger partial charge in [-0.1, -0.05) is 29.8 Å². The minimum absolute atomic E-state index is 0. The van der Waals surface area contributed by atoms with Crippen LogP contribution in [0.1, 0.15) is 11.3 Å². The fourth-order valence-electron chi connectivity index (χ4n) is 1.27. The lowest BCUT2D eigenvalue weighted by molar-refractivity contribution is 0.625. The second-order valence-corrected chi connectivity index (χ2v) is 3.69. The highest BCUT2D eigenvalue weighted by Gasteiger charge is 1.95. The van der Waals surface area contributed by atoms with Gasteiger partial charge in [0.2, 0.25) is 0 Å². The van der Waals surface area contributed by atoms with Crippen molar-refractivity contribution in [1.29, 1.82) is 0 Å². The van der Waals surface area contributed by atoms with Crippen LogP contribution in [0.5, 0.6) is 0 Å². The van der Waals surface area contributed by atoms with Gasteiger partial charge in [-0.25, -0.2) is 4.39 Å². The summed E-state index contributed by atoms with van der Waals surface area (Å²) in [6.45, 7) is 0. The third kappa shape index (κ3) is 3.66. The Balaban J connectivity index is 0.00000144. The Bertz CT molecular complexity index is 511. The quantitative estimate of drug-likeness (QED) is 0.808. The van der Waals surface area contributed by atoms with Crippen LogP contribution in [0.3, 0.4) is 0 Å². The summed E-state index contributed by atoms with van der Waals surface area (Å²) in [5.74, 6) is -0.243. The third-order valence-electron chi connectivity index (χ3n) is 2.09. The van der Waals surface area contributed by atoms with Crippen molar-refractivity contribution in [2.75, 3.05) is 0 Å². The highest BCUT2D eigenvalue weighted by atomic mass is 35.5. The van der Waals surface area contributed by atoms with E-state index in [1.807, 2.05) is 0 Å². The van der Waals surface area contributed by atoms with E-state index in [0.29, 0.717) is 10.6 Å². The van der Waals surface area contributed by atoms with E-state index in [1.165, 1.54) is 6.07 Å². The first kappa shape index (κ1) is 13.4. The van der Waals surface area contributed by atoms with Gasteiger partial charge in [-0.2, -0.15) is 0 Å². The van der Waals surface area contributed by atoms with Gasteiger partial charge in [0.05, 0.1) is 10.7 Å². The molecule has 0 spiro atoms. The van der Waals surface area contributed by atoms with E-state index >= 15 is 0 Å². The van der Waals surface area contributed by atoms with E-state index in [2.05, 4.69) is 4.98 Å². The van der Waals surface area contributed by atoms with E-state index in [-0.39, 0.29) is 11.3 Å². The van der Waals surface area contributed by atoms with Gasteiger partial charge in [-0.05, 0) is 30.4 Å². The molecule has 1 aromatic heterocycles. The normalized spacial score (nSPS) is 10.2. The van der Waals surface area contributed by atoms with Gasteiger partial charge in [0, 0.05) is 11.8 Å². The molecule has 1 heterocycles. The highest BCUT2D eigenvalue weighted by molar-refractivity contribution is 6.30. The predicted octanol–water partition coefficient (Wildman–Crippen LogP) is 3.22. The number of nitrogens with zero attached hydrogens (tertiary/aromatic N) is 1. The molecule has 2 rings (SSSR count). The van der Waals surface area contributed by atoms with Crippen molar-refractivity contribution >= 4 is 23.8 Å². The number of hydrogen-bond acceptors (Lipinski definition) is 1. The molecule has 0 radical (unpaired) electrons. The summed E-state index contributed by atoms with van der Waals surface area (Å²) in [6, 6.07) is 10.1. The van der Waals surface area contributed by atoms with Crippen LogP contribution in [0.15, 0.2) is 42.6 Å². The zero-order valence-electron chi connectivity index (χ0n) is 8.90. The lowest BCUT2D eigenvalue weighted by Gasteiger charge is -1.95. The minimum Gasteiger partial charge on any atom is -0.412 e. The molecule has 1 aromatic carbocycles. The van der Waals surface area contributed by atoms with Crippen molar-refractivity contribution in [3.63, 3.8) is 0 Å². The van der Waals surface area contributed by atoms with Crippen LogP contribution < -0.4 is 0 Å². The first-order valence-corrected chi connectivity index (χ1v) is 5.18. The summed E-state index contributed by atoms with van der Waals surface area (Å²) < 4.78 is 13.3. The highest BCUT2D eigenvalue weighted by Crippen LogP contribution is 2.12. The average molecular weight is 252 g/mol. The van der Waals surface area contributed by atoms with Crippen molar-refractivity contribution in [2.45, 2.75) is 0 Å². The Morgan fingerprint density at radius 3 is 2.47 bits per heavy atom. The number of pyridine rings is 1. The second-order valence-electron chi connectivity index (χ2n) is 3.26. The smallest absolute Gasteiger partial charge is 0.130 e. The van der Waals surface area contributed by atoms with Crippen molar-refractivity contribution in [2.24, 2.45) is 0 Å². The first-order valence-electron chi connectivity index (χ1n) is 4.80. The SMILES string of the molecule is Fc1ccccc1/C=C/c1ccc(Cl)cn1.O. The average Bonchev–Trinajstić information content (AvgIpc) is 2.30. The summed E-state index contributed by atoms with van der Waals surface area (Å²) >= 11 is 5.71. The van der Waals surface area contributed by atoms with E-state index in [9.17, 15) is 4.39 Å². The first-order chi connectivity index (χ1) is 7.75. The molecule has 2 N–H and O–H groups in total. The van der Waals surface area contributed by atoms with E-state index < -0.39 is 0 Å². The maximum absolute atomic E-state index is 13.3. The van der Waals surface area contributed by atoms with Gasteiger partial charge in [-0.3, -0.25) is 4.98 Å². The molecule has 0 bridgehead atoms. The van der Waals surface area contributed by atoms with Crippen LogP contribution in [0, 0.1) is 5.82 Å². The Morgan fingerprint density at radius 1 is 1.06 bits per heavy atom. The van der Waals surface area contributed by atoms with Crippen molar-refractivity contribution < 1.29 is 9.87 Å². The van der Waals surface area contributed by atoms with Crippen molar-refractivity contribution in [3.8, 4) is 0 Å². The molecule has 0 aliphatic rings. The molecule has 0 saturated heterocycles. The molecule has 17 heavy (non-hydrogen) atoms. The van der Waals surface area contributed by atoms with Gasteiger partial charge in [-0.15, -0.1) is 0 Å². The summed E-state index contributed by atoms with van der Waals surface area (Å²) in [5.41, 5.74) is 1.28. The molecular formula is C13H11ClFNO. The van der Waals surface area contributed by atoms with E-state index in [4.69, 9.17) is 11.6 Å². The van der Waals surface area contributed by atoms with Crippen molar-refractivity contribution in [1.82, 2.24) is 4.98 Å². The molecule has 88 valence electrons. The molecule has 4 heteroatoms. The summed E-state index contributed by atoms with van der Waals surface area (Å²) in [5, 5.41) is 0.586. The number of aromatic nitrogens is 1. The van der Waals surface area contributed by atoms with Crippen LogP contribution >= 0.6 is 11.6 Å². The summed E-state index contributed by atoms with van der Waals surface area (Å²) in [7, 11) is 0. The zero-order valence-corrected chi connectivity index (χ0v) is 9.66. The Labute approximate surface area is 104 Å². The molecule has 0 atom stereocenters. The molecule has 0 fully saturated rings. The van der Waals surface area contributed by atoms with Crippen LogP contribution in [-0.2, 0) is 0 Å². The lowest BCUT2D eigenvalue weighted by atomic mass is 10.2.